The molecule has 21 heavy (non-hydrogen) atoms. The number of rotatable bonds is 4. The predicted octanol–water partition coefficient (Wildman–Crippen LogP) is 1.47. The molecule has 1 heterocycles. The van der Waals surface area contributed by atoms with Crippen LogP contribution < -0.4 is 15.0 Å². The standard InChI is InChI=1S/C16H25N3O2/c1-12-11-18(13(2)20)7-8-19(12)15-6-5-14(10-17-3)16(9-15)21-4/h5-6,9,12,17H,7-8,10-11H2,1-4H3. The highest BCUT2D eigenvalue weighted by Crippen LogP contribution is 2.28. The van der Waals surface area contributed by atoms with Gasteiger partial charge in [-0.25, -0.2) is 0 Å². The third-order valence-electron chi connectivity index (χ3n) is 4.04. The number of carbonyl (C=O) groups is 1. The summed E-state index contributed by atoms with van der Waals surface area (Å²) in [4.78, 5) is 15.7. The zero-order valence-corrected chi connectivity index (χ0v) is 13.3. The number of carbonyl (C=O) groups excluding carboxylic acids is 1. The maximum atomic E-state index is 11.5. The first kappa shape index (κ1) is 15.6. The fraction of sp³-hybridized carbons (Fsp3) is 0.562. The van der Waals surface area contributed by atoms with Gasteiger partial charge in [0, 0.05) is 56.5 Å². The Labute approximate surface area is 126 Å². The maximum absolute atomic E-state index is 11.5. The summed E-state index contributed by atoms with van der Waals surface area (Å²) in [6, 6.07) is 6.64. The van der Waals surface area contributed by atoms with E-state index in [2.05, 4.69) is 35.3 Å². The molecule has 1 unspecified atom stereocenters. The van der Waals surface area contributed by atoms with Crippen molar-refractivity contribution in [2.45, 2.75) is 26.4 Å². The molecule has 1 amide bonds. The van der Waals surface area contributed by atoms with Crippen molar-refractivity contribution in [3.8, 4) is 5.75 Å². The van der Waals surface area contributed by atoms with E-state index >= 15 is 0 Å². The van der Waals surface area contributed by atoms with E-state index in [1.807, 2.05) is 11.9 Å². The summed E-state index contributed by atoms with van der Waals surface area (Å²) < 4.78 is 5.49. The van der Waals surface area contributed by atoms with Gasteiger partial charge in [-0.2, -0.15) is 0 Å². The summed E-state index contributed by atoms with van der Waals surface area (Å²) in [5.41, 5.74) is 2.31. The van der Waals surface area contributed by atoms with Crippen LogP contribution in [-0.4, -0.2) is 50.6 Å². The largest absolute Gasteiger partial charge is 0.496 e. The smallest absolute Gasteiger partial charge is 0.219 e. The number of nitrogens with zero attached hydrogens (tertiary/aromatic N) is 2. The van der Waals surface area contributed by atoms with Crippen LogP contribution in [0.3, 0.4) is 0 Å². The molecule has 0 radical (unpaired) electrons. The van der Waals surface area contributed by atoms with Crippen molar-refractivity contribution < 1.29 is 9.53 Å². The lowest BCUT2D eigenvalue weighted by molar-refractivity contribution is -0.129. The first-order valence-corrected chi connectivity index (χ1v) is 7.40. The molecule has 1 aromatic rings. The van der Waals surface area contributed by atoms with Gasteiger partial charge in [-0.3, -0.25) is 4.79 Å². The van der Waals surface area contributed by atoms with Crippen LogP contribution in [0.15, 0.2) is 18.2 Å². The Kier molecular flexibility index (Phi) is 5.07. The van der Waals surface area contributed by atoms with Crippen molar-refractivity contribution in [3.63, 3.8) is 0 Å². The van der Waals surface area contributed by atoms with Gasteiger partial charge in [0.05, 0.1) is 7.11 Å². The van der Waals surface area contributed by atoms with Crippen LogP contribution in [0.1, 0.15) is 19.4 Å². The summed E-state index contributed by atoms with van der Waals surface area (Å²) in [6.07, 6.45) is 0. The number of nitrogens with one attached hydrogen (secondary N) is 1. The lowest BCUT2D eigenvalue weighted by atomic mass is 10.1. The van der Waals surface area contributed by atoms with Gasteiger partial charge in [0.1, 0.15) is 5.75 Å². The molecule has 5 nitrogen and oxygen atoms in total. The number of hydrogen-bond acceptors (Lipinski definition) is 4. The molecular weight excluding hydrogens is 266 g/mol. The molecule has 116 valence electrons. The van der Waals surface area contributed by atoms with E-state index in [0.717, 1.165) is 43.2 Å². The second-order valence-corrected chi connectivity index (χ2v) is 5.53. The number of amides is 1. The summed E-state index contributed by atoms with van der Waals surface area (Å²) in [6.45, 7) is 6.99. The van der Waals surface area contributed by atoms with Gasteiger partial charge < -0.3 is 19.9 Å². The number of anilines is 1. The van der Waals surface area contributed by atoms with E-state index in [4.69, 9.17) is 4.74 Å². The molecule has 1 aliphatic rings. The molecule has 0 aliphatic carbocycles. The van der Waals surface area contributed by atoms with Crippen molar-refractivity contribution in [1.82, 2.24) is 10.2 Å². The van der Waals surface area contributed by atoms with E-state index in [1.165, 1.54) is 0 Å². The monoisotopic (exact) mass is 291 g/mol. The Morgan fingerprint density at radius 1 is 1.43 bits per heavy atom. The van der Waals surface area contributed by atoms with Crippen molar-refractivity contribution in [3.05, 3.63) is 23.8 Å². The van der Waals surface area contributed by atoms with Crippen LogP contribution in [0.2, 0.25) is 0 Å². The van der Waals surface area contributed by atoms with E-state index in [9.17, 15) is 4.79 Å². The number of benzene rings is 1. The lowest BCUT2D eigenvalue weighted by Gasteiger charge is -2.41. The van der Waals surface area contributed by atoms with Gasteiger partial charge in [0.25, 0.3) is 0 Å². The number of hydrogen-bond donors (Lipinski definition) is 1. The second kappa shape index (κ2) is 6.80. The van der Waals surface area contributed by atoms with E-state index in [-0.39, 0.29) is 5.91 Å². The normalized spacial score (nSPS) is 18.8. The zero-order valence-electron chi connectivity index (χ0n) is 13.3. The van der Waals surface area contributed by atoms with Gasteiger partial charge in [0.15, 0.2) is 0 Å². The SMILES string of the molecule is CNCc1ccc(N2CCN(C(C)=O)CC2C)cc1OC. The molecule has 1 fully saturated rings. The molecule has 1 aliphatic heterocycles. The molecule has 1 saturated heterocycles. The average molecular weight is 291 g/mol. The van der Waals surface area contributed by atoms with Crippen LogP contribution >= 0.6 is 0 Å². The fourth-order valence-corrected chi connectivity index (χ4v) is 2.88. The number of ether oxygens (including phenoxy) is 1. The zero-order chi connectivity index (χ0) is 15.4. The predicted molar refractivity (Wildman–Crippen MR) is 84.8 cm³/mol. The van der Waals surface area contributed by atoms with E-state index in [1.54, 1.807) is 14.0 Å². The molecule has 0 spiro atoms. The van der Waals surface area contributed by atoms with Crippen molar-refractivity contribution in [2.75, 3.05) is 38.7 Å². The van der Waals surface area contributed by atoms with Crippen molar-refractivity contribution in [1.29, 1.82) is 0 Å². The molecular formula is C16H25N3O2. The average Bonchev–Trinajstić information content (AvgIpc) is 2.48. The van der Waals surface area contributed by atoms with E-state index < -0.39 is 0 Å². The molecule has 1 aromatic carbocycles. The fourth-order valence-electron chi connectivity index (χ4n) is 2.88. The number of methoxy groups -OCH3 is 1. The maximum Gasteiger partial charge on any atom is 0.219 e. The quantitative estimate of drug-likeness (QED) is 0.912. The summed E-state index contributed by atoms with van der Waals surface area (Å²) in [7, 11) is 3.63. The van der Waals surface area contributed by atoms with E-state index in [0.29, 0.717) is 6.04 Å². The first-order valence-electron chi connectivity index (χ1n) is 7.40. The molecule has 0 bridgehead atoms. The molecule has 1 atom stereocenters. The Balaban J connectivity index is 2.17. The van der Waals surface area contributed by atoms with Crippen LogP contribution in [0, 0.1) is 0 Å². The van der Waals surface area contributed by atoms with Gasteiger partial charge in [-0.1, -0.05) is 6.07 Å². The summed E-state index contributed by atoms with van der Waals surface area (Å²) in [5, 5.41) is 3.15. The topological polar surface area (TPSA) is 44.8 Å². The molecule has 0 saturated carbocycles. The molecule has 0 aromatic heterocycles. The Morgan fingerprint density at radius 3 is 2.76 bits per heavy atom. The van der Waals surface area contributed by atoms with Crippen LogP contribution in [0.5, 0.6) is 5.75 Å². The lowest BCUT2D eigenvalue weighted by Crippen LogP contribution is -2.53. The molecule has 2 rings (SSSR count). The van der Waals surface area contributed by atoms with Gasteiger partial charge in [-0.15, -0.1) is 0 Å². The van der Waals surface area contributed by atoms with Crippen molar-refractivity contribution in [2.24, 2.45) is 0 Å². The summed E-state index contributed by atoms with van der Waals surface area (Å²) in [5.74, 6) is 1.06. The Morgan fingerprint density at radius 2 is 2.19 bits per heavy atom. The van der Waals surface area contributed by atoms with Gasteiger partial charge >= 0.3 is 0 Å². The minimum atomic E-state index is 0.156. The van der Waals surface area contributed by atoms with Crippen LogP contribution in [-0.2, 0) is 11.3 Å². The van der Waals surface area contributed by atoms with Crippen LogP contribution in [0.25, 0.3) is 0 Å². The minimum Gasteiger partial charge on any atom is -0.496 e. The third-order valence-corrected chi connectivity index (χ3v) is 4.04. The van der Waals surface area contributed by atoms with Crippen LogP contribution in [0.4, 0.5) is 5.69 Å². The minimum absolute atomic E-state index is 0.156. The number of piperazine rings is 1. The molecule has 5 heteroatoms. The highest BCUT2D eigenvalue weighted by atomic mass is 16.5. The second-order valence-electron chi connectivity index (χ2n) is 5.53. The van der Waals surface area contributed by atoms with Gasteiger partial charge in [-0.05, 0) is 20.0 Å². The van der Waals surface area contributed by atoms with Crippen molar-refractivity contribution >= 4 is 11.6 Å². The van der Waals surface area contributed by atoms with Gasteiger partial charge in [0.2, 0.25) is 5.91 Å². The highest BCUT2D eigenvalue weighted by Gasteiger charge is 2.25. The Bertz CT molecular complexity index is 504. The summed E-state index contributed by atoms with van der Waals surface area (Å²) >= 11 is 0. The first-order chi connectivity index (χ1) is 10.1. The molecule has 1 N–H and O–H groups in total. The highest BCUT2D eigenvalue weighted by molar-refractivity contribution is 5.73. The third kappa shape index (κ3) is 3.47. The Hall–Kier alpha value is -1.75.